The number of aromatic amines is 1. The normalized spacial score (nSPS) is 10.8. The highest BCUT2D eigenvalue weighted by atomic mass is 35.5. The number of aromatic nitrogens is 3. The number of imidazole rings is 1. The van der Waals surface area contributed by atoms with Crippen LogP contribution in [0.3, 0.4) is 0 Å². The molecule has 2 aromatic carbocycles. The Morgan fingerprint density at radius 3 is 2.29 bits per heavy atom. The lowest BCUT2D eigenvalue weighted by molar-refractivity contribution is 0.187. The number of nitrogens with zero attached hydrogens (tertiary/aromatic N) is 2. The number of halogens is 1. The summed E-state index contributed by atoms with van der Waals surface area (Å²) in [4.78, 5) is 22.3. The third kappa shape index (κ3) is 3.47. The molecule has 8 heteroatoms. The molecular formula is C20H15ClN4O3. The zero-order valence-electron chi connectivity index (χ0n) is 14.7. The van der Waals surface area contributed by atoms with E-state index in [2.05, 4.69) is 25.0 Å². The second kappa shape index (κ2) is 7.21. The van der Waals surface area contributed by atoms with Gasteiger partial charge < -0.3 is 14.8 Å². The van der Waals surface area contributed by atoms with Crippen LogP contribution in [0.2, 0.25) is 5.02 Å². The number of carbonyl (C=O) groups excluding carboxylic acids is 1. The van der Waals surface area contributed by atoms with Gasteiger partial charge in [-0.1, -0.05) is 48.0 Å². The minimum atomic E-state index is -0.510. The van der Waals surface area contributed by atoms with Crippen LogP contribution in [0.4, 0.5) is 10.5 Å². The summed E-state index contributed by atoms with van der Waals surface area (Å²) < 4.78 is 4.57. The molecule has 0 aliphatic carbocycles. The maximum Gasteiger partial charge on any atom is 0.411 e. The number of amides is 1. The highest BCUT2D eigenvalue weighted by molar-refractivity contribution is 6.33. The lowest BCUT2D eigenvalue weighted by Crippen LogP contribution is -2.10. The molecule has 0 fully saturated rings. The predicted molar refractivity (Wildman–Crippen MR) is 107 cm³/mol. The van der Waals surface area contributed by atoms with Crippen molar-refractivity contribution in [3.63, 3.8) is 0 Å². The highest BCUT2D eigenvalue weighted by Crippen LogP contribution is 2.31. The number of rotatable bonds is 3. The number of benzene rings is 2. The number of aromatic hydroxyl groups is 1. The first kappa shape index (κ1) is 17.8. The Kier molecular flexibility index (Phi) is 4.58. The van der Waals surface area contributed by atoms with Crippen molar-refractivity contribution in [2.24, 2.45) is 0 Å². The predicted octanol–water partition coefficient (Wildman–Crippen LogP) is 4.83. The van der Waals surface area contributed by atoms with Crippen LogP contribution in [0, 0.1) is 0 Å². The van der Waals surface area contributed by atoms with Gasteiger partial charge in [0.1, 0.15) is 0 Å². The topological polar surface area (TPSA) is 100 Å². The zero-order chi connectivity index (χ0) is 19.7. The van der Waals surface area contributed by atoms with E-state index in [1.807, 2.05) is 36.4 Å². The third-order valence-corrected chi connectivity index (χ3v) is 4.51. The molecule has 0 bridgehead atoms. The van der Waals surface area contributed by atoms with Gasteiger partial charge in [-0.15, -0.1) is 0 Å². The van der Waals surface area contributed by atoms with Crippen molar-refractivity contribution >= 4 is 34.5 Å². The van der Waals surface area contributed by atoms with Crippen LogP contribution in [0.15, 0.2) is 54.6 Å². The van der Waals surface area contributed by atoms with Crippen molar-refractivity contribution in [3.8, 4) is 28.4 Å². The van der Waals surface area contributed by atoms with Gasteiger partial charge in [0.25, 0.3) is 6.01 Å². The van der Waals surface area contributed by atoms with Crippen LogP contribution in [0.1, 0.15) is 0 Å². The van der Waals surface area contributed by atoms with Crippen LogP contribution in [0.5, 0.6) is 6.01 Å². The van der Waals surface area contributed by atoms with E-state index < -0.39 is 6.09 Å². The summed E-state index contributed by atoms with van der Waals surface area (Å²) in [6, 6.07) is 16.7. The van der Waals surface area contributed by atoms with E-state index in [0.29, 0.717) is 27.6 Å². The van der Waals surface area contributed by atoms with Gasteiger partial charge in [0, 0.05) is 11.3 Å². The number of pyridine rings is 1. The largest absolute Gasteiger partial charge is 0.480 e. The van der Waals surface area contributed by atoms with Crippen molar-refractivity contribution < 1.29 is 14.6 Å². The maximum absolute atomic E-state index is 11.2. The number of hydrogen-bond acceptors (Lipinski definition) is 5. The molecular weight excluding hydrogens is 380 g/mol. The number of anilines is 1. The van der Waals surface area contributed by atoms with Gasteiger partial charge in [-0.25, -0.2) is 9.78 Å². The Bertz CT molecular complexity index is 1150. The highest BCUT2D eigenvalue weighted by Gasteiger charge is 2.11. The molecule has 0 aliphatic rings. The van der Waals surface area contributed by atoms with Crippen LogP contribution in [-0.4, -0.2) is 33.3 Å². The van der Waals surface area contributed by atoms with E-state index in [4.69, 9.17) is 11.6 Å². The molecule has 7 nitrogen and oxygen atoms in total. The third-order valence-electron chi connectivity index (χ3n) is 4.22. The molecule has 0 saturated heterocycles. The van der Waals surface area contributed by atoms with E-state index in [9.17, 15) is 9.90 Å². The van der Waals surface area contributed by atoms with Gasteiger partial charge >= 0.3 is 6.09 Å². The van der Waals surface area contributed by atoms with E-state index in [1.54, 1.807) is 18.2 Å². The molecule has 0 aliphatic heterocycles. The lowest BCUT2D eigenvalue weighted by atomic mass is 10.0. The van der Waals surface area contributed by atoms with Crippen LogP contribution >= 0.6 is 11.6 Å². The molecule has 0 atom stereocenters. The zero-order valence-corrected chi connectivity index (χ0v) is 15.5. The molecule has 1 amide bonds. The lowest BCUT2D eigenvalue weighted by Gasteiger charge is -2.08. The molecule has 4 rings (SSSR count). The molecule has 28 heavy (non-hydrogen) atoms. The van der Waals surface area contributed by atoms with Crippen molar-refractivity contribution in [2.75, 3.05) is 12.4 Å². The van der Waals surface area contributed by atoms with Gasteiger partial charge in [0.05, 0.1) is 23.3 Å². The summed E-state index contributed by atoms with van der Waals surface area (Å²) in [6.07, 6.45) is -0.510. The molecule has 3 N–H and O–H groups in total. The Labute approximate surface area is 165 Å². The number of hydrogen-bond donors (Lipinski definition) is 3. The second-order valence-electron chi connectivity index (χ2n) is 6.02. The average molecular weight is 395 g/mol. The molecule has 0 radical (unpaired) electrons. The number of methoxy groups -OCH3 is 1. The van der Waals surface area contributed by atoms with Crippen LogP contribution in [-0.2, 0) is 4.74 Å². The summed E-state index contributed by atoms with van der Waals surface area (Å²) in [5.74, 6) is 0. The Balaban J connectivity index is 1.60. The minimum Gasteiger partial charge on any atom is -0.480 e. The van der Waals surface area contributed by atoms with Crippen molar-refractivity contribution in [3.05, 3.63) is 59.6 Å². The number of nitrogens with one attached hydrogen (secondary N) is 2. The van der Waals surface area contributed by atoms with E-state index in [1.165, 1.54) is 7.11 Å². The second-order valence-corrected chi connectivity index (χ2v) is 6.43. The van der Waals surface area contributed by atoms with Crippen molar-refractivity contribution in [1.82, 2.24) is 15.0 Å². The minimum absolute atomic E-state index is 0.198. The summed E-state index contributed by atoms with van der Waals surface area (Å²) >= 11 is 6.34. The molecule has 4 aromatic rings. The molecule has 140 valence electrons. The van der Waals surface area contributed by atoms with E-state index in [0.717, 1.165) is 16.7 Å². The Morgan fingerprint density at radius 2 is 1.64 bits per heavy atom. The first-order chi connectivity index (χ1) is 13.5. The summed E-state index contributed by atoms with van der Waals surface area (Å²) in [5.41, 5.74) is 5.04. The Morgan fingerprint density at radius 1 is 1.04 bits per heavy atom. The van der Waals surface area contributed by atoms with Crippen LogP contribution in [0.25, 0.3) is 33.5 Å². The monoisotopic (exact) mass is 394 g/mol. The molecule has 2 aromatic heterocycles. The van der Waals surface area contributed by atoms with Crippen molar-refractivity contribution in [1.29, 1.82) is 0 Å². The van der Waals surface area contributed by atoms with Gasteiger partial charge in [-0.05, 0) is 29.3 Å². The quantitative estimate of drug-likeness (QED) is 0.462. The molecule has 0 spiro atoms. The fourth-order valence-electron chi connectivity index (χ4n) is 2.84. The molecule has 0 saturated carbocycles. The summed E-state index contributed by atoms with van der Waals surface area (Å²) in [6.45, 7) is 0. The maximum atomic E-state index is 11.2. The number of fused-ring (bicyclic) bond motifs is 1. The smallest absolute Gasteiger partial charge is 0.411 e. The van der Waals surface area contributed by atoms with E-state index in [-0.39, 0.29) is 6.01 Å². The van der Waals surface area contributed by atoms with E-state index >= 15 is 0 Å². The number of carbonyl (C=O) groups is 1. The molecule has 0 unspecified atom stereocenters. The average Bonchev–Trinajstić information content (AvgIpc) is 3.07. The SMILES string of the molecule is COC(=O)Nc1ccc(-c2ccc(-c3nc4nc(O)[nH]c4cc3Cl)cc2)cc1. The fourth-order valence-corrected chi connectivity index (χ4v) is 3.10. The molecule has 2 heterocycles. The summed E-state index contributed by atoms with van der Waals surface area (Å²) in [7, 11) is 1.32. The van der Waals surface area contributed by atoms with Gasteiger partial charge in [-0.3, -0.25) is 5.32 Å². The van der Waals surface area contributed by atoms with Gasteiger partial charge in [0.15, 0.2) is 5.65 Å². The summed E-state index contributed by atoms with van der Waals surface area (Å²) in [5, 5.41) is 12.5. The van der Waals surface area contributed by atoms with Crippen LogP contribution < -0.4 is 5.32 Å². The fraction of sp³-hybridized carbons (Fsp3) is 0.0500. The number of H-pyrrole nitrogens is 1. The van der Waals surface area contributed by atoms with Crippen molar-refractivity contribution in [2.45, 2.75) is 0 Å². The number of ether oxygens (including phenoxy) is 1. The first-order valence-electron chi connectivity index (χ1n) is 8.34. The van der Waals surface area contributed by atoms with Gasteiger partial charge in [-0.2, -0.15) is 4.98 Å². The first-order valence-corrected chi connectivity index (χ1v) is 8.72. The standard InChI is InChI=1S/C20H15ClN4O3/c1-28-20(27)22-14-8-6-12(7-9-14)11-2-4-13(5-3-11)17-15(21)10-16-18(24-17)25-19(26)23-16/h2-10H,1H3,(H,22,27)(H2,23,24,25,26). The Hall–Kier alpha value is -3.58. The van der Waals surface area contributed by atoms with Gasteiger partial charge in [0.2, 0.25) is 0 Å².